The molecule has 5 aromatic rings. The van der Waals surface area contributed by atoms with Crippen LogP contribution in [0.1, 0.15) is 22.3 Å². The fourth-order valence-electron chi connectivity index (χ4n) is 4.43. The molecule has 11 heteroatoms. The monoisotopic (exact) mass is 577 g/mol. The number of aromatic carboxylic acids is 1. The van der Waals surface area contributed by atoms with Gasteiger partial charge in [0.2, 0.25) is 5.88 Å². The van der Waals surface area contributed by atoms with Gasteiger partial charge in [0.15, 0.2) is 0 Å². The number of aromatic nitrogens is 3. The summed E-state index contributed by atoms with van der Waals surface area (Å²) < 4.78 is 48.3. The van der Waals surface area contributed by atoms with E-state index in [2.05, 4.69) is 9.97 Å². The molecule has 1 atom stereocenters. The molecule has 208 valence electrons. The van der Waals surface area contributed by atoms with Crippen molar-refractivity contribution in [1.82, 2.24) is 14.5 Å². The van der Waals surface area contributed by atoms with Crippen molar-refractivity contribution in [2.24, 2.45) is 0 Å². The first-order valence-electron chi connectivity index (χ1n) is 12.7. The number of carbonyl (C=O) groups is 1. The molecule has 0 spiro atoms. The molecule has 1 fully saturated rings. The van der Waals surface area contributed by atoms with Crippen LogP contribution in [0.4, 0.5) is 8.78 Å². The van der Waals surface area contributed by atoms with Crippen LogP contribution in [0.2, 0.25) is 5.02 Å². The quantitative estimate of drug-likeness (QED) is 0.204. The smallest absolute Gasteiger partial charge is 0.335 e. The number of fused-ring (bicyclic) bond motifs is 1. The third kappa shape index (κ3) is 5.70. The minimum absolute atomic E-state index is 0.0564. The second-order valence-corrected chi connectivity index (χ2v) is 9.86. The van der Waals surface area contributed by atoms with Crippen LogP contribution in [-0.2, 0) is 17.9 Å². The Morgan fingerprint density at radius 1 is 1.05 bits per heavy atom. The largest absolute Gasteiger partial charge is 0.478 e. The molecule has 0 saturated carbocycles. The van der Waals surface area contributed by atoms with Gasteiger partial charge in [-0.1, -0.05) is 23.7 Å². The Kier molecular flexibility index (Phi) is 7.25. The Balaban J connectivity index is 1.23. The van der Waals surface area contributed by atoms with E-state index in [1.54, 1.807) is 41.0 Å². The van der Waals surface area contributed by atoms with Crippen molar-refractivity contribution < 1.29 is 32.9 Å². The van der Waals surface area contributed by atoms with Crippen LogP contribution in [-0.4, -0.2) is 38.3 Å². The zero-order chi connectivity index (χ0) is 28.5. The zero-order valence-corrected chi connectivity index (χ0v) is 22.1. The van der Waals surface area contributed by atoms with E-state index in [4.69, 9.17) is 25.8 Å². The summed E-state index contributed by atoms with van der Waals surface area (Å²) >= 11 is 5.80. The molecule has 0 bridgehead atoms. The van der Waals surface area contributed by atoms with Crippen molar-refractivity contribution in [3.63, 3.8) is 0 Å². The van der Waals surface area contributed by atoms with Crippen molar-refractivity contribution in [3.05, 3.63) is 101 Å². The van der Waals surface area contributed by atoms with E-state index >= 15 is 4.39 Å². The van der Waals surface area contributed by atoms with Crippen molar-refractivity contribution >= 4 is 28.6 Å². The number of carboxylic acid groups (broad SMARTS) is 1. The van der Waals surface area contributed by atoms with Crippen molar-refractivity contribution in [2.45, 2.75) is 25.7 Å². The van der Waals surface area contributed by atoms with Crippen LogP contribution < -0.4 is 9.47 Å². The number of benzene rings is 3. The van der Waals surface area contributed by atoms with Gasteiger partial charge in [0.25, 0.3) is 0 Å². The molecule has 1 N–H and O–H groups in total. The molecule has 3 aromatic carbocycles. The molecule has 2 aromatic heterocycles. The van der Waals surface area contributed by atoms with E-state index in [0.29, 0.717) is 35.4 Å². The van der Waals surface area contributed by atoms with Gasteiger partial charge in [0.05, 0.1) is 34.9 Å². The van der Waals surface area contributed by atoms with Crippen LogP contribution in [0.25, 0.3) is 22.3 Å². The Morgan fingerprint density at radius 2 is 1.90 bits per heavy atom. The molecule has 0 radical (unpaired) electrons. The van der Waals surface area contributed by atoms with Crippen molar-refractivity contribution in [2.75, 3.05) is 6.61 Å². The van der Waals surface area contributed by atoms with Gasteiger partial charge in [-0.05, 0) is 55.0 Å². The average Bonchev–Trinajstić information content (AvgIpc) is 3.26. The molecule has 0 unspecified atom stereocenters. The predicted octanol–water partition coefficient (Wildman–Crippen LogP) is 6.89. The molecule has 6 rings (SSSR count). The molecule has 1 aliphatic heterocycles. The summed E-state index contributed by atoms with van der Waals surface area (Å²) in [7, 11) is 0. The fourth-order valence-corrected chi connectivity index (χ4v) is 4.59. The van der Waals surface area contributed by atoms with E-state index in [1.807, 2.05) is 0 Å². The minimum Gasteiger partial charge on any atom is -0.478 e. The third-order valence-corrected chi connectivity index (χ3v) is 6.91. The average molecular weight is 578 g/mol. The summed E-state index contributed by atoms with van der Waals surface area (Å²) in [5.74, 6) is -1.74. The second-order valence-electron chi connectivity index (χ2n) is 9.42. The molecule has 0 aliphatic carbocycles. The Morgan fingerprint density at radius 3 is 2.63 bits per heavy atom. The Hall–Kier alpha value is -4.54. The summed E-state index contributed by atoms with van der Waals surface area (Å²) in [4.78, 5) is 20.4. The number of imidazole rings is 1. The summed E-state index contributed by atoms with van der Waals surface area (Å²) in [5, 5.41) is 9.71. The first-order valence-corrected chi connectivity index (χ1v) is 13.1. The molecule has 41 heavy (non-hydrogen) atoms. The van der Waals surface area contributed by atoms with Gasteiger partial charge in [-0.3, -0.25) is 4.57 Å². The lowest BCUT2D eigenvalue weighted by molar-refractivity contribution is -0.0593. The number of hydrogen-bond donors (Lipinski definition) is 1. The highest BCUT2D eigenvalue weighted by Gasteiger charge is 2.24. The number of rotatable bonds is 9. The highest BCUT2D eigenvalue weighted by atomic mass is 35.5. The van der Waals surface area contributed by atoms with Crippen LogP contribution in [0.15, 0.2) is 72.8 Å². The van der Waals surface area contributed by atoms with Crippen molar-refractivity contribution in [1.29, 1.82) is 0 Å². The molecule has 1 aliphatic rings. The number of ether oxygens (including phenoxy) is 3. The van der Waals surface area contributed by atoms with E-state index in [1.165, 1.54) is 36.4 Å². The van der Waals surface area contributed by atoms with Crippen molar-refractivity contribution in [3.8, 4) is 28.9 Å². The summed E-state index contributed by atoms with van der Waals surface area (Å²) in [6, 6.07) is 18.3. The first-order chi connectivity index (χ1) is 19.8. The molecular formula is C30H22ClF2N3O5. The highest BCUT2D eigenvalue weighted by Crippen LogP contribution is 2.32. The molecule has 1 saturated heterocycles. The maximum absolute atomic E-state index is 15.3. The van der Waals surface area contributed by atoms with E-state index in [9.17, 15) is 14.3 Å². The lowest BCUT2D eigenvalue weighted by atomic mass is 10.1. The standard InChI is InChI=1S/C30H22ClF2N3O5/c31-19-6-4-18(23(32)13-19)16-40-28-3-1-2-25(34-28)22-8-7-20(14-24(22)33)41-30-35-26-9-5-17(29(37)38)12-27(26)36(30)15-21-10-11-39-21/h1-9,12-14,21H,10-11,15-16H2,(H,37,38)/t21-/m0/s1. The van der Waals surface area contributed by atoms with Gasteiger partial charge in [0, 0.05) is 34.9 Å². The molecular weight excluding hydrogens is 556 g/mol. The van der Waals surface area contributed by atoms with Crippen LogP contribution in [0.5, 0.6) is 17.6 Å². The summed E-state index contributed by atoms with van der Waals surface area (Å²) in [6.45, 7) is 0.987. The Bertz CT molecular complexity index is 1770. The third-order valence-electron chi connectivity index (χ3n) is 6.68. The number of pyridine rings is 1. The molecule has 8 nitrogen and oxygen atoms in total. The van der Waals surface area contributed by atoms with Gasteiger partial charge in [0.1, 0.15) is 24.0 Å². The van der Waals surface area contributed by atoms with E-state index in [0.717, 1.165) is 6.42 Å². The van der Waals surface area contributed by atoms with Crippen LogP contribution in [0.3, 0.4) is 0 Å². The van der Waals surface area contributed by atoms with E-state index < -0.39 is 17.6 Å². The molecule has 3 heterocycles. The summed E-state index contributed by atoms with van der Waals surface area (Å²) in [6.07, 6.45) is 0.796. The number of hydrogen-bond acceptors (Lipinski definition) is 6. The Labute approximate surface area is 237 Å². The van der Waals surface area contributed by atoms with Gasteiger partial charge in [-0.25, -0.2) is 18.6 Å². The fraction of sp³-hybridized carbons (Fsp3) is 0.167. The number of carboxylic acids is 1. The zero-order valence-electron chi connectivity index (χ0n) is 21.4. The van der Waals surface area contributed by atoms with Gasteiger partial charge in [-0.15, -0.1) is 0 Å². The normalized spacial score (nSPS) is 14.6. The maximum Gasteiger partial charge on any atom is 0.335 e. The topological polar surface area (TPSA) is 95.7 Å². The molecule has 0 amide bonds. The highest BCUT2D eigenvalue weighted by molar-refractivity contribution is 6.30. The van der Waals surface area contributed by atoms with Gasteiger partial charge < -0.3 is 19.3 Å². The number of nitrogens with zero attached hydrogens (tertiary/aromatic N) is 3. The van der Waals surface area contributed by atoms with E-state index in [-0.39, 0.29) is 46.5 Å². The number of halogens is 3. The SMILES string of the molecule is O=C(O)c1ccc2nc(Oc3ccc(-c4cccc(OCc5ccc(Cl)cc5F)n4)c(F)c3)n(C[C@@H]3CCO3)c2c1. The first kappa shape index (κ1) is 26.7. The van der Waals surface area contributed by atoms with Crippen LogP contribution >= 0.6 is 11.6 Å². The minimum atomic E-state index is -1.06. The van der Waals surface area contributed by atoms with Gasteiger partial charge >= 0.3 is 12.0 Å². The predicted molar refractivity (Wildman–Crippen MR) is 146 cm³/mol. The van der Waals surface area contributed by atoms with Crippen LogP contribution in [0, 0.1) is 11.6 Å². The maximum atomic E-state index is 15.3. The second kappa shape index (κ2) is 11.1. The lowest BCUT2D eigenvalue weighted by Crippen LogP contribution is -2.31. The van der Waals surface area contributed by atoms with Gasteiger partial charge in [-0.2, -0.15) is 4.98 Å². The lowest BCUT2D eigenvalue weighted by Gasteiger charge is -2.27. The summed E-state index contributed by atoms with van der Waals surface area (Å²) in [5.41, 5.74) is 2.07.